The predicted molar refractivity (Wildman–Crippen MR) is 114 cm³/mol. The van der Waals surface area contributed by atoms with Crippen molar-refractivity contribution < 1.29 is 37.0 Å². The van der Waals surface area contributed by atoms with Crippen LogP contribution in [0.25, 0.3) is 0 Å². The van der Waals surface area contributed by atoms with E-state index >= 15 is 0 Å². The normalized spacial score (nSPS) is 15.7. The third kappa shape index (κ3) is 9.18. The molecule has 0 aromatic heterocycles. The average Bonchev–Trinajstić information content (AvgIpc) is 2.66. The highest BCUT2D eigenvalue weighted by Gasteiger charge is 2.36. The Morgan fingerprint density at radius 1 is 1.23 bits per heavy atom. The third-order valence-corrected chi connectivity index (χ3v) is 5.93. The summed E-state index contributed by atoms with van der Waals surface area (Å²) in [5, 5.41) is 11.6. The smallest absolute Gasteiger partial charge is 0.450 e. The van der Waals surface area contributed by atoms with E-state index in [0.29, 0.717) is 12.0 Å². The Hall–Kier alpha value is -1.62. The molecule has 176 valence electrons. The zero-order valence-electron chi connectivity index (χ0n) is 17.3. The largest absolute Gasteiger partial charge is 0.506 e. The van der Waals surface area contributed by atoms with Crippen molar-refractivity contribution in [3.8, 4) is 0 Å². The Labute approximate surface area is 190 Å². The third-order valence-electron chi connectivity index (χ3n) is 4.40. The summed E-state index contributed by atoms with van der Waals surface area (Å²) in [6.45, 7) is 2.94. The molecule has 0 aliphatic heterocycles. The number of carbonyl (C=O) groups excluding carboxylic acids is 1. The van der Waals surface area contributed by atoms with Gasteiger partial charge in [0, 0.05) is 18.6 Å². The molecule has 0 aliphatic rings. The van der Waals surface area contributed by atoms with E-state index in [0.717, 1.165) is 6.26 Å². The van der Waals surface area contributed by atoms with E-state index in [1.165, 1.54) is 31.2 Å². The fourth-order valence-electron chi connectivity index (χ4n) is 2.87. The van der Waals surface area contributed by atoms with Gasteiger partial charge in [-0.05, 0) is 31.0 Å². The lowest BCUT2D eigenvalue weighted by molar-refractivity contribution is -0.131. The summed E-state index contributed by atoms with van der Waals surface area (Å²) >= 11 is 11.2. The molecular formula is C19H26Cl2FNO7S. The maximum absolute atomic E-state index is 13.2. The summed E-state index contributed by atoms with van der Waals surface area (Å²) in [5.41, 5.74) is 0.552. The first-order valence-electron chi connectivity index (χ1n) is 9.40. The Morgan fingerprint density at radius 3 is 2.23 bits per heavy atom. The number of carboxylic acid groups (broad SMARTS) is 1. The van der Waals surface area contributed by atoms with Gasteiger partial charge in [0.25, 0.3) is 5.91 Å². The van der Waals surface area contributed by atoms with Crippen molar-refractivity contribution in [1.29, 1.82) is 0 Å². The Morgan fingerprint density at radius 2 is 1.81 bits per heavy atom. The molecule has 8 nitrogen and oxygen atoms in total. The average molecular weight is 502 g/mol. The van der Waals surface area contributed by atoms with E-state index in [1.807, 2.05) is 0 Å². The Balaban J connectivity index is 3.30. The molecule has 0 radical (unpaired) electrons. The zero-order chi connectivity index (χ0) is 23.8. The molecule has 4 atom stereocenters. The van der Waals surface area contributed by atoms with Crippen LogP contribution in [0.3, 0.4) is 0 Å². The molecule has 12 heteroatoms. The molecule has 0 saturated heterocycles. The van der Waals surface area contributed by atoms with Gasteiger partial charge in [-0.25, -0.2) is 17.6 Å². The molecule has 1 amide bonds. The van der Waals surface area contributed by atoms with Gasteiger partial charge >= 0.3 is 6.16 Å². The highest BCUT2D eigenvalue weighted by molar-refractivity contribution is 7.90. The molecule has 0 heterocycles. The molecule has 0 spiro atoms. The van der Waals surface area contributed by atoms with E-state index < -0.39 is 51.2 Å². The number of benzene rings is 1. The fraction of sp³-hybridized carbons (Fsp3) is 0.579. The second kappa shape index (κ2) is 12.4. The van der Waals surface area contributed by atoms with Crippen molar-refractivity contribution in [2.24, 2.45) is 0 Å². The molecule has 0 aliphatic carbocycles. The van der Waals surface area contributed by atoms with E-state index in [1.54, 1.807) is 6.92 Å². The maximum Gasteiger partial charge on any atom is 0.506 e. The number of carbonyl (C=O) groups is 2. The standard InChI is InChI=1S/C19H26Cl2FNO7S/c1-4-14(12-5-7-13(8-6-12)31(3,27)28)15(30-19(25)26)18(23-17(24)16(20)21)29-10-9-11(2)22/h5-8,11,14-16,18H,4,9-10H2,1-3H3,(H,23,24)(H,25,26). The minimum absolute atomic E-state index is 0.00279. The van der Waals surface area contributed by atoms with Crippen molar-refractivity contribution in [2.75, 3.05) is 12.9 Å². The van der Waals surface area contributed by atoms with Crippen LogP contribution in [0, 0.1) is 0 Å². The van der Waals surface area contributed by atoms with Crippen LogP contribution in [-0.2, 0) is 24.1 Å². The Bertz CT molecular complexity index is 834. The van der Waals surface area contributed by atoms with Crippen molar-refractivity contribution in [1.82, 2.24) is 5.32 Å². The lowest BCUT2D eigenvalue weighted by Crippen LogP contribution is -2.51. The van der Waals surface area contributed by atoms with Gasteiger partial charge in [-0.1, -0.05) is 42.3 Å². The van der Waals surface area contributed by atoms with Gasteiger partial charge in [0.1, 0.15) is 0 Å². The number of ether oxygens (including phenoxy) is 2. The van der Waals surface area contributed by atoms with E-state index in [-0.39, 0.29) is 17.9 Å². The predicted octanol–water partition coefficient (Wildman–Crippen LogP) is 3.66. The van der Waals surface area contributed by atoms with Crippen LogP contribution in [0.4, 0.5) is 9.18 Å². The molecule has 0 fully saturated rings. The molecule has 31 heavy (non-hydrogen) atoms. The number of amides is 1. The van der Waals surface area contributed by atoms with Crippen molar-refractivity contribution in [2.45, 2.75) is 60.8 Å². The molecule has 0 bridgehead atoms. The molecule has 4 unspecified atom stereocenters. The quantitative estimate of drug-likeness (QED) is 0.254. The maximum atomic E-state index is 13.2. The summed E-state index contributed by atoms with van der Waals surface area (Å²) in [6, 6.07) is 5.82. The van der Waals surface area contributed by atoms with Crippen LogP contribution >= 0.6 is 23.2 Å². The highest BCUT2D eigenvalue weighted by atomic mass is 35.5. The lowest BCUT2D eigenvalue weighted by Gasteiger charge is -2.33. The van der Waals surface area contributed by atoms with Gasteiger partial charge in [0.2, 0.25) is 0 Å². The second-order valence-electron chi connectivity index (χ2n) is 6.87. The summed E-state index contributed by atoms with van der Waals surface area (Å²) in [4.78, 5) is 22.1. The van der Waals surface area contributed by atoms with Crippen LogP contribution in [0.1, 0.15) is 38.2 Å². The fourth-order valence-corrected chi connectivity index (χ4v) is 3.63. The van der Waals surface area contributed by atoms with Gasteiger partial charge in [-0.3, -0.25) is 4.79 Å². The van der Waals surface area contributed by atoms with Crippen molar-refractivity contribution in [3.63, 3.8) is 0 Å². The van der Waals surface area contributed by atoms with Crippen molar-refractivity contribution in [3.05, 3.63) is 29.8 Å². The van der Waals surface area contributed by atoms with Gasteiger partial charge in [0.05, 0.1) is 17.7 Å². The van der Waals surface area contributed by atoms with Crippen LogP contribution in [0.15, 0.2) is 29.2 Å². The van der Waals surface area contributed by atoms with Gasteiger partial charge < -0.3 is 19.9 Å². The van der Waals surface area contributed by atoms with Gasteiger partial charge in [0.15, 0.2) is 27.0 Å². The number of sulfone groups is 1. The van der Waals surface area contributed by atoms with E-state index in [4.69, 9.17) is 32.7 Å². The monoisotopic (exact) mass is 501 g/mol. The van der Waals surface area contributed by atoms with Gasteiger partial charge in [-0.15, -0.1) is 0 Å². The van der Waals surface area contributed by atoms with Crippen LogP contribution < -0.4 is 5.32 Å². The number of hydrogen-bond acceptors (Lipinski definition) is 6. The molecule has 1 aromatic rings. The first-order chi connectivity index (χ1) is 14.4. The first kappa shape index (κ1) is 27.4. The molecule has 0 saturated carbocycles. The topological polar surface area (TPSA) is 119 Å². The summed E-state index contributed by atoms with van der Waals surface area (Å²) in [5.74, 6) is -1.48. The number of nitrogens with one attached hydrogen (secondary N) is 1. The van der Waals surface area contributed by atoms with E-state index in [9.17, 15) is 27.5 Å². The van der Waals surface area contributed by atoms with Gasteiger partial charge in [-0.2, -0.15) is 0 Å². The number of rotatable bonds is 12. The van der Waals surface area contributed by atoms with Crippen LogP contribution in [-0.4, -0.2) is 61.8 Å². The number of halogens is 3. The SMILES string of the molecule is CCC(c1ccc(S(C)(=O)=O)cc1)C(OC(=O)O)C(NC(=O)C(Cl)Cl)OCCC(C)F. The van der Waals surface area contributed by atoms with Crippen LogP contribution in [0.2, 0.25) is 0 Å². The highest BCUT2D eigenvalue weighted by Crippen LogP contribution is 2.29. The minimum Gasteiger partial charge on any atom is -0.450 e. The molecule has 2 N–H and O–H groups in total. The number of alkyl halides is 3. The molecular weight excluding hydrogens is 476 g/mol. The van der Waals surface area contributed by atoms with Crippen molar-refractivity contribution >= 4 is 45.1 Å². The lowest BCUT2D eigenvalue weighted by atomic mass is 9.89. The molecule has 1 aromatic carbocycles. The second-order valence-corrected chi connectivity index (χ2v) is 9.99. The zero-order valence-corrected chi connectivity index (χ0v) is 19.6. The minimum atomic E-state index is -3.43. The first-order valence-corrected chi connectivity index (χ1v) is 12.2. The summed E-state index contributed by atoms with van der Waals surface area (Å²) in [7, 11) is -3.43. The number of hydrogen-bond donors (Lipinski definition) is 2. The summed E-state index contributed by atoms with van der Waals surface area (Å²) in [6.07, 6.45) is -3.97. The van der Waals surface area contributed by atoms with E-state index in [2.05, 4.69) is 5.32 Å². The summed E-state index contributed by atoms with van der Waals surface area (Å²) < 4.78 is 47.2. The van der Waals surface area contributed by atoms with Crippen LogP contribution in [0.5, 0.6) is 0 Å². The Kier molecular flexibility index (Phi) is 11.0. The molecule has 1 rings (SSSR count).